The number of likely N-dealkylation sites (tertiary alicyclic amines) is 1. The van der Waals surface area contributed by atoms with Crippen molar-refractivity contribution in [3.63, 3.8) is 0 Å². The number of carbonyl (C=O) groups is 1. The van der Waals surface area contributed by atoms with Gasteiger partial charge < -0.3 is 14.4 Å². The number of nitrogens with zero attached hydrogens (tertiary/aromatic N) is 2. The fraction of sp³-hybridized carbons (Fsp3) is 0.938. The molecule has 0 aromatic heterocycles. The van der Waals surface area contributed by atoms with Crippen LogP contribution in [0.25, 0.3) is 0 Å². The van der Waals surface area contributed by atoms with Crippen molar-refractivity contribution in [2.45, 2.75) is 44.8 Å². The lowest BCUT2D eigenvalue weighted by atomic mass is 9.81. The Morgan fingerprint density at radius 3 is 2.71 bits per heavy atom. The molecule has 0 N–H and O–H groups in total. The number of morpholine rings is 1. The Kier molecular flexibility index (Phi) is 5.14. The Morgan fingerprint density at radius 1 is 1.24 bits per heavy atom. The number of amides is 1. The third-order valence-electron chi connectivity index (χ3n) is 5.08. The molecule has 3 rings (SSSR count). The molecule has 1 aliphatic carbocycles. The molecule has 2 saturated heterocycles. The molecule has 0 spiro atoms. The van der Waals surface area contributed by atoms with E-state index in [1.165, 1.54) is 0 Å². The summed E-state index contributed by atoms with van der Waals surface area (Å²) in [5.41, 5.74) is 0. The highest BCUT2D eigenvalue weighted by molar-refractivity contribution is 5.80. The van der Waals surface area contributed by atoms with Crippen LogP contribution in [0, 0.1) is 5.92 Å². The summed E-state index contributed by atoms with van der Waals surface area (Å²) in [5.74, 6) is 0.591. The first-order valence-electron chi connectivity index (χ1n) is 8.50. The lowest BCUT2D eigenvalue weighted by Crippen LogP contribution is -2.50. The Bertz CT molecular complexity index is 351. The third-order valence-corrected chi connectivity index (χ3v) is 5.08. The molecule has 21 heavy (non-hydrogen) atoms. The Morgan fingerprint density at radius 2 is 2.00 bits per heavy atom. The molecule has 5 nitrogen and oxygen atoms in total. The maximum atomic E-state index is 12.7. The van der Waals surface area contributed by atoms with E-state index in [0.29, 0.717) is 18.1 Å². The van der Waals surface area contributed by atoms with Crippen molar-refractivity contribution >= 4 is 5.91 Å². The van der Waals surface area contributed by atoms with E-state index in [-0.39, 0.29) is 5.92 Å². The van der Waals surface area contributed by atoms with E-state index in [1.54, 1.807) is 0 Å². The van der Waals surface area contributed by atoms with Gasteiger partial charge in [0.05, 0.1) is 19.3 Å². The van der Waals surface area contributed by atoms with E-state index in [9.17, 15) is 4.79 Å². The maximum absolute atomic E-state index is 12.7. The van der Waals surface area contributed by atoms with Crippen LogP contribution in [0.2, 0.25) is 0 Å². The standard InChI is InChI=1S/C16H28N2O3/c1-2-21-15-10-13(11-15)16(19)18-5-3-4-14(18)12-17-6-8-20-9-7-17/h13-15H,2-12H2,1H3/t13?,14-,15?/m0/s1. The average Bonchev–Trinajstić information content (AvgIpc) is 2.91. The molecule has 0 aromatic rings. The van der Waals surface area contributed by atoms with Gasteiger partial charge in [0, 0.05) is 44.7 Å². The van der Waals surface area contributed by atoms with Crippen LogP contribution in [0.3, 0.4) is 0 Å². The Labute approximate surface area is 127 Å². The minimum Gasteiger partial charge on any atom is -0.379 e. The Balaban J connectivity index is 1.48. The summed E-state index contributed by atoms with van der Waals surface area (Å²) in [6.07, 6.45) is 4.48. The zero-order valence-corrected chi connectivity index (χ0v) is 13.1. The fourth-order valence-electron chi connectivity index (χ4n) is 3.77. The lowest BCUT2D eigenvalue weighted by Gasteiger charge is -2.39. The van der Waals surface area contributed by atoms with Crippen molar-refractivity contribution in [2.24, 2.45) is 5.92 Å². The predicted molar refractivity (Wildman–Crippen MR) is 80.1 cm³/mol. The highest BCUT2D eigenvalue weighted by Crippen LogP contribution is 2.33. The molecule has 2 aliphatic heterocycles. The predicted octanol–water partition coefficient (Wildman–Crippen LogP) is 1.12. The summed E-state index contributed by atoms with van der Waals surface area (Å²) >= 11 is 0. The quantitative estimate of drug-likeness (QED) is 0.762. The first kappa shape index (κ1) is 15.3. The number of carbonyl (C=O) groups excluding carboxylic acids is 1. The first-order valence-corrected chi connectivity index (χ1v) is 8.50. The van der Waals surface area contributed by atoms with Crippen LogP contribution in [0.15, 0.2) is 0 Å². The van der Waals surface area contributed by atoms with Crippen LogP contribution < -0.4 is 0 Å². The van der Waals surface area contributed by atoms with Crippen molar-refractivity contribution in [1.82, 2.24) is 9.80 Å². The molecule has 3 fully saturated rings. The number of hydrogen-bond acceptors (Lipinski definition) is 4. The van der Waals surface area contributed by atoms with Crippen LogP contribution >= 0.6 is 0 Å². The summed E-state index contributed by atoms with van der Waals surface area (Å²) in [4.78, 5) is 17.3. The van der Waals surface area contributed by atoms with Crippen LogP contribution in [-0.4, -0.2) is 73.9 Å². The Hall–Kier alpha value is -0.650. The van der Waals surface area contributed by atoms with Crippen molar-refractivity contribution in [3.05, 3.63) is 0 Å². The fourth-order valence-corrected chi connectivity index (χ4v) is 3.77. The summed E-state index contributed by atoms with van der Waals surface area (Å²) in [6.45, 7) is 8.44. The molecular weight excluding hydrogens is 268 g/mol. The van der Waals surface area contributed by atoms with E-state index in [0.717, 1.165) is 71.7 Å². The van der Waals surface area contributed by atoms with Gasteiger partial charge in [-0.3, -0.25) is 9.69 Å². The van der Waals surface area contributed by atoms with Gasteiger partial charge in [0.2, 0.25) is 5.91 Å². The SMILES string of the molecule is CCOC1CC(C(=O)N2CCC[C@H]2CN2CCOCC2)C1. The lowest BCUT2D eigenvalue weighted by molar-refractivity contribution is -0.145. The van der Waals surface area contributed by atoms with Gasteiger partial charge in [0.1, 0.15) is 0 Å². The molecule has 1 saturated carbocycles. The second kappa shape index (κ2) is 7.07. The number of ether oxygens (including phenoxy) is 2. The minimum absolute atomic E-state index is 0.215. The van der Waals surface area contributed by atoms with Gasteiger partial charge in [-0.25, -0.2) is 0 Å². The zero-order chi connectivity index (χ0) is 14.7. The van der Waals surface area contributed by atoms with Gasteiger partial charge in [0.25, 0.3) is 0 Å². The smallest absolute Gasteiger partial charge is 0.226 e. The zero-order valence-electron chi connectivity index (χ0n) is 13.1. The van der Waals surface area contributed by atoms with Gasteiger partial charge >= 0.3 is 0 Å². The summed E-state index contributed by atoms with van der Waals surface area (Å²) in [6, 6.07) is 0.418. The molecule has 120 valence electrons. The normalized spacial score (nSPS) is 34.0. The summed E-state index contributed by atoms with van der Waals surface area (Å²) in [5, 5.41) is 0. The molecule has 1 atom stereocenters. The molecular formula is C16H28N2O3. The second-order valence-corrected chi connectivity index (χ2v) is 6.49. The van der Waals surface area contributed by atoms with E-state index in [4.69, 9.17) is 9.47 Å². The molecule has 0 radical (unpaired) electrons. The van der Waals surface area contributed by atoms with E-state index in [1.807, 2.05) is 6.92 Å². The van der Waals surface area contributed by atoms with Gasteiger partial charge in [-0.05, 0) is 32.6 Å². The highest BCUT2D eigenvalue weighted by atomic mass is 16.5. The van der Waals surface area contributed by atoms with Crippen LogP contribution in [0.1, 0.15) is 32.6 Å². The van der Waals surface area contributed by atoms with E-state index < -0.39 is 0 Å². The van der Waals surface area contributed by atoms with Gasteiger partial charge in [-0.2, -0.15) is 0 Å². The molecule has 2 heterocycles. The largest absolute Gasteiger partial charge is 0.379 e. The first-order chi connectivity index (χ1) is 10.3. The molecule has 1 amide bonds. The van der Waals surface area contributed by atoms with Crippen molar-refractivity contribution in [1.29, 1.82) is 0 Å². The molecule has 0 bridgehead atoms. The van der Waals surface area contributed by atoms with Gasteiger partial charge in [-0.1, -0.05) is 0 Å². The third kappa shape index (κ3) is 3.58. The monoisotopic (exact) mass is 296 g/mol. The number of hydrogen-bond donors (Lipinski definition) is 0. The molecule has 0 aromatic carbocycles. The highest BCUT2D eigenvalue weighted by Gasteiger charge is 2.40. The maximum Gasteiger partial charge on any atom is 0.226 e. The van der Waals surface area contributed by atoms with Gasteiger partial charge in [0.15, 0.2) is 0 Å². The summed E-state index contributed by atoms with van der Waals surface area (Å²) in [7, 11) is 0. The minimum atomic E-state index is 0.215. The van der Waals surface area contributed by atoms with E-state index in [2.05, 4.69) is 9.80 Å². The van der Waals surface area contributed by atoms with Crippen LogP contribution in [0.4, 0.5) is 0 Å². The average molecular weight is 296 g/mol. The van der Waals surface area contributed by atoms with Crippen LogP contribution in [-0.2, 0) is 14.3 Å². The van der Waals surface area contributed by atoms with E-state index >= 15 is 0 Å². The van der Waals surface area contributed by atoms with Crippen molar-refractivity contribution < 1.29 is 14.3 Å². The van der Waals surface area contributed by atoms with Crippen molar-refractivity contribution in [2.75, 3.05) is 46.0 Å². The van der Waals surface area contributed by atoms with Crippen LogP contribution in [0.5, 0.6) is 0 Å². The van der Waals surface area contributed by atoms with Crippen molar-refractivity contribution in [3.8, 4) is 0 Å². The van der Waals surface area contributed by atoms with Gasteiger partial charge in [-0.15, -0.1) is 0 Å². The number of rotatable bonds is 5. The summed E-state index contributed by atoms with van der Waals surface area (Å²) < 4.78 is 11.0. The molecule has 3 aliphatic rings. The molecule has 0 unspecified atom stereocenters. The topological polar surface area (TPSA) is 42.0 Å². The second-order valence-electron chi connectivity index (χ2n) is 6.49. The molecule has 5 heteroatoms.